The maximum atomic E-state index is 14.1. The number of hydrogen-bond donors (Lipinski definition) is 9. The number of carbonyl (C=O) groups is 8. The van der Waals surface area contributed by atoms with E-state index in [0.29, 0.717) is 51.4 Å². The van der Waals surface area contributed by atoms with Gasteiger partial charge in [-0.15, -0.1) is 0 Å². The number of amides is 4. The van der Waals surface area contributed by atoms with Crippen molar-refractivity contribution in [2.45, 2.75) is 168 Å². The first-order chi connectivity index (χ1) is 36.8. The van der Waals surface area contributed by atoms with E-state index in [4.69, 9.17) is 22.9 Å². The zero-order chi connectivity index (χ0) is 57.3. The highest BCUT2D eigenvalue weighted by Crippen LogP contribution is 2.21. The molecule has 0 heterocycles. The van der Waals surface area contributed by atoms with E-state index in [2.05, 4.69) is 21.3 Å². The predicted molar refractivity (Wildman–Crippen MR) is 303 cm³/mol. The zero-order valence-corrected chi connectivity index (χ0v) is 46.7. The fourth-order valence-corrected chi connectivity index (χ4v) is 9.07. The third kappa shape index (κ3) is 26.7. The van der Waals surface area contributed by atoms with Gasteiger partial charge in [0.25, 0.3) is 0 Å². The second-order valence-corrected chi connectivity index (χ2v) is 20.8. The number of carboxylic acids is 1. The Labute approximate surface area is 458 Å². The third-order valence-corrected chi connectivity index (χ3v) is 13.3. The van der Waals surface area contributed by atoms with Crippen molar-refractivity contribution in [2.75, 3.05) is 19.6 Å². The maximum Gasteiger partial charge on any atom is 0.326 e. The van der Waals surface area contributed by atoms with Crippen LogP contribution >= 0.6 is 0 Å². The SMILES string of the molecule is CC.CC(C)C[C@@H](NC(=O)[C@H](CC(=O)[C@H](N)Cc1ccccc1)Cc1ccccc1)C(=O)C[C@H](CCCN)C(=O)NCCCC[C@@H](NC(=O)[C@@H](CCCN)CC(=O)[C@@H](CC(C)C)NC(=O)[C@H](N)Cc1ccccc1)C(=O)O. The fraction of sp³-hybridized carbons (Fsp3) is 0.567. The van der Waals surface area contributed by atoms with E-state index in [-0.39, 0.29) is 99.7 Å². The molecule has 0 aliphatic rings. The summed E-state index contributed by atoms with van der Waals surface area (Å²) in [6.07, 6.45) is 3.02. The molecule has 3 rings (SSSR count). The number of nitrogens with one attached hydrogen (secondary N) is 4. The number of ketones is 3. The molecule has 0 fully saturated rings. The van der Waals surface area contributed by atoms with E-state index >= 15 is 0 Å². The number of aliphatic carboxylic acids is 1. The lowest BCUT2D eigenvalue weighted by Crippen LogP contribution is -2.50. The van der Waals surface area contributed by atoms with Crippen LogP contribution in [-0.4, -0.2) is 102 Å². The van der Waals surface area contributed by atoms with Gasteiger partial charge in [-0.3, -0.25) is 33.6 Å². The minimum absolute atomic E-state index is 0.000399. The maximum absolute atomic E-state index is 14.1. The van der Waals surface area contributed by atoms with Gasteiger partial charge in [0.05, 0.1) is 24.2 Å². The Hall–Kier alpha value is -6.14. The summed E-state index contributed by atoms with van der Waals surface area (Å²) in [6.45, 7) is 12.4. The molecule has 0 saturated heterocycles. The first kappa shape index (κ1) is 67.0. The molecule has 0 saturated carbocycles. The van der Waals surface area contributed by atoms with Crippen LogP contribution in [0.1, 0.15) is 135 Å². The summed E-state index contributed by atoms with van der Waals surface area (Å²) in [5, 5.41) is 21.4. The lowest BCUT2D eigenvalue weighted by molar-refractivity contribution is -0.143. The second kappa shape index (κ2) is 37.6. The van der Waals surface area contributed by atoms with Crippen molar-refractivity contribution in [1.29, 1.82) is 0 Å². The Morgan fingerprint density at radius 2 is 0.844 bits per heavy atom. The van der Waals surface area contributed by atoms with Gasteiger partial charge in [0.2, 0.25) is 23.6 Å². The molecule has 17 heteroatoms. The normalized spacial score (nSPS) is 14.3. The number of carboxylic acid groups (broad SMARTS) is 1. The first-order valence-electron chi connectivity index (χ1n) is 27.8. The summed E-state index contributed by atoms with van der Waals surface area (Å²) < 4.78 is 0. The van der Waals surface area contributed by atoms with Crippen molar-refractivity contribution in [2.24, 2.45) is 52.5 Å². The van der Waals surface area contributed by atoms with Gasteiger partial charge in [0.15, 0.2) is 17.3 Å². The molecule has 3 aromatic rings. The monoisotopic (exact) mass is 1070 g/mol. The Balaban J connectivity index is 0.0000100. The van der Waals surface area contributed by atoms with Crippen LogP contribution < -0.4 is 44.2 Å². The number of benzene rings is 3. The van der Waals surface area contributed by atoms with Crippen LogP contribution in [0.2, 0.25) is 0 Å². The van der Waals surface area contributed by atoms with Gasteiger partial charge in [-0.25, -0.2) is 4.79 Å². The van der Waals surface area contributed by atoms with Gasteiger partial charge in [0, 0.05) is 43.6 Å². The number of rotatable bonds is 38. The van der Waals surface area contributed by atoms with E-state index in [1.54, 1.807) is 0 Å². The van der Waals surface area contributed by atoms with E-state index in [1.165, 1.54) is 0 Å². The molecule has 3 aromatic carbocycles. The molecule has 0 bridgehead atoms. The van der Waals surface area contributed by atoms with Gasteiger partial charge >= 0.3 is 5.97 Å². The van der Waals surface area contributed by atoms with Crippen molar-refractivity contribution >= 4 is 46.9 Å². The molecule has 0 aromatic heterocycles. The van der Waals surface area contributed by atoms with Gasteiger partial charge in [0.1, 0.15) is 6.04 Å². The van der Waals surface area contributed by atoms with Crippen LogP contribution in [0.3, 0.4) is 0 Å². The average Bonchev–Trinajstić information content (AvgIpc) is 3.40. The Kier molecular flexibility index (Phi) is 32.7. The molecule has 8 atom stereocenters. The Morgan fingerprint density at radius 3 is 1.29 bits per heavy atom. The Bertz CT molecular complexity index is 2230. The van der Waals surface area contributed by atoms with Gasteiger partial charge in [-0.05, 0) is 119 Å². The molecule has 17 nitrogen and oxygen atoms in total. The summed E-state index contributed by atoms with van der Waals surface area (Å²) in [6, 6.07) is 23.1. The van der Waals surface area contributed by atoms with Crippen molar-refractivity contribution in [1.82, 2.24) is 21.3 Å². The highest BCUT2D eigenvalue weighted by atomic mass is 16.4. The van der Waals surface area contributed by atoms with Crippen LogP contribution in [0, 0.1) is 29.6 Å². The van der Waals surface area contributed by atoms with Crippen molar-refractivity contribution in [3.8, 4) is 0 Å². The molecule has 0 spiro atoms. The highest BCUT2D eigenvalue weighted by molar-refractivity contribution is 5.96. The van der Waals surface area contributed by atoms with E-state index in [1.807, 2.05) is 133 Å². The van der Waals surface area contributed by atoms with Crippen LogP contribution in [0.5, 0.6) is 0 Å². The fourth-order valence-electron chi connectivity index (χ4n) is 9.07. The van der Waals surface area contributed by atoms with E-state index in [9.17, 15) is 43.5 Å². The molecule has 0 aliphatic heterocycles. The van der Waals surface area contributed by atoms with Crippen molar-refractivity contribution in [3.05, 3.63) is 108 Å². The number of nitrogens with two attached hydrogens (primary N) is 4. The number of Topliss-reactive ketones (excluding diaryl/α,β-unsaturated/α-hetero) is 3. The predicted octanol–water partition coefficient (Wildman–Crippen LogP) is 5.52. The first-order valence-corrected chi connectivity index (χ1v) is 27.8. The molecular weight excluding hydrogens is 977 g/mol. The molecule has 0 aliphatic carbocycles. The van der Waals surface area contributed by atoms with Gasteiger partial charge < -0.3 is 49.3 Å². The lowest BCUT2D eigenvalue weighted by atomic mass is 9.88. The summed E-state index contributed by atoms with van der Waals surface area (Å²) in [7, 11) is 0. The summed E-state index contributed by atoms with van der Waals surface area (Å²) in [4.78, 5) is 109. The lowest BCUT2D eigenvalue weighted by Gasteiger charge is -2.25. The van der Waals surface area contributed by atoms with Crippen LogP contribution in [0.15, 0.2) is 91.0 Å². The van der Waals surface area contributed by atoms with Crippen LogP contribution in [0.25, 0.3) is 0 Å². The van der Waals surface area contributed by atoms with Gasteiger partial charge in [-0.2, -0.15) is 0 Å². The van der Waals surface area contributed by atoms with E-state index < -0.39 is 71.7 Å². The molecule has 77 heavy (non-hydrogen) atoms. The summed E-state index contributed by atoms with van der Waals surface area (Å²) in [5.74, 6) is -6.61. The largest absolute Gasteiger partial charge is 0.480 e. The highest BCUT2D eigenvalue weighted by Gasteiger charge is 2.34. The Morgan fingerprint density at radius 1 is 0.455 bits per heavy atom. The van der Waals surface area contributed by atoms with Crippen molar-refractivity contribution in [3.63, 3.8) is 0 Å². The smallest absolute Gasteiger partial charge is 0.326 e. The van der Waals surface area contributed by atoms with E-state index in [0.717, 1.165) is 16.7 Å². The second-order valence-electron chi connectivity index (χ2n) is 20.8. The molecular formula is C60H92N8O9. The molecule has 13 N–H and O–H groups in total. The molecule has 4 amide bonds. The summed E-state index contributed by atoms with van der Waals surface area (Å²) in [5.41, 5.74) is 26.8. The standard InChI is InChI=1S/C58H86N8O9.C2H6/c1-38(2)30-49(65-56(72)45(32-40-18-8-5-9-19-40)37-51(67)46(61)33-41-20-10-6-11-21-41)52(68)35-43(24-16-27-59)54(70)63-29-15-14-26-48(58(74)75)64-55(71)44(25-17-28-60)36-53(69)50(31-39(3)4)66-57(73)47(62)34-42-22-12-7-13-23-42;1-2/h5-13,18-23,38-39,43-50H,14-17,24-37,59-62H2,1-4H3,(H,63,70)(H,64,71)(H,65,72)(H,66,73)(H,74,75);1-2H3/t43-,44-,45-,46+,47+,48+,49+,50+;/m0./s1. The molecule has 0 unspecified atom stereocenters. The topological polar surface area (TPSA) is 309 Å². The number of unbranched alkanes of at least 4 members (excludes halogenated alkanes) is 1. The molecule has 0 radical (unpaired) electrons. The zero-order valence-electron chi connectivity index (χ0n) is 46.7. The van der Waals surface area contributed by atoms with Gasteiger partial charge in [-0.1, -0.05) is 133 Å². The quantitative estimate of drug-likeness (QED) is 0.0320. The average molecular weight is 1070 g/mol. The minimum Gasteiger partial charge on any atom is -0.480 e. The minimum atomic E-state index is -1.29. The van der Waals surface area contributed by atoms with Crippen molar-refractivity contribution < 1.29 is 43.5 Å². The number of carbonyl (C=O) groups excluding carboxylic acids is 7. The third-order valence-electron chi connectivity index (χ3n) is 13.3. The van der Waals surface area contributed by atoms with Crippen LogP contribution in [-0.2, 0) is 57.6 Å². The summed E-state index contributed by atoms with van der Waals surface area (Å²) >= 11 is 0. The molecule has 426 valence electrons. The van der Waals surface area contributed by atoms with Crippen LogP contribution in [0.4, 0.5) is 0 Å². The number of hydrogen-bond acceptors (Lipinski definition) is 12.